The van der Waals surface area contributed by atoms with Crippen molar-refractivity contribution in [2.24, 2.45) is 0 Å². The van der Waals surface area contributed by atoms with E-state index in [4.69, 9.17) is 0 Å². The Bertz CT molecular complexity index is 960. The SMILES string of the molecule is O=[N+]([O-])c1ccc2[nH]cc(/C=C/C3(c4ccccc4)SCCCS3)c2c1. The molecule has 0 unspecified atom stereocenters. The van der Waals surface area contributed by atoms with E-state index in [-0.39, 0.29) is 14.7 Å². The molecule has 0 bridgehead atoms. The van der Waals surface area contributed by atoms with Crippen LogP contribution in [-0.2, 0) is 4.08 Å². The third kappa shape index (κ3) is 3.27. The molecule has 132 valence electrons. The number of nitro benzene ring substituents is 1. The third-order valence-electron chi connectivity index (χ3n) is 4.49. The highest BCUT2D eigenvalue weighted by molar-refractivity contribution is 8.18. The number of benzene rings is 2. The first-order chi connectivity index (χ1) is 12.7. The maximum atomic E-state index is 11.1. The highest BCUT2D eigenvalue weighted by Crippen LogP contribution is 2.51. The molecule has 0 spiro atoms. The van der Waals surface area contributed by atoms with Gasteiger partial charge in [0.1, 0.15) is 4.08 Å². The van der Waals surface area contributed by atoms with Crippen LogP contribution in [-0.4, -0.2) is 21.4 Å². The van der Waals surface area contributed by atoms with Crippen LogP contribution in [0.1, 0.15) is 17.5 Å². The average Bonchev–Trinajstić information content (AvgIpc) is 3.10. The number of fused-ring (bicyclic) bond motifs is 1. The number of rotatable bonds is 4. The molecule has 1 aliphatic rings. The smallest absolute Gasteiger partial charge is 0.270 e. The van der Waals surface area contributed by atoms with E-state index in [0.29, 0.717) is 0 Å². The molecule has 1 aromatic heterocycles. The predicted molar refractivity (Wildman–Crippen MR) is 112 cm³/mol. The van der Waals surface area contributed by atoms with Gasteiger partial charge in [-0.1, -0.05) is 42.5 Å². The lowest BCUT2D eigenvalue weighted by Crippen LogP contribution is -2.20. The number of aromatic amines is 1. The number of nitrogens with one attached hydrogen (secondary N) is 1. The summed E-state index contributed by atoms with van der Waals surface area (Å²) in [5.74, 6) is 2.26. The minimum atomic E-state index is -0.349. The van der Waals surface area contributed by atoms with E-state index in [1.165, 1.54) is 18.1 Å². The van der Waals surface area contributed by atoms with Gasteiger partial charge in [-0.05, 0) is 35.1 Å². The summed E-state index contributed by atoms with van der Waals surface area (Å²) in [6.45, 7) is 0. The predicted octanol–water partition coefficient (Wildman–Crippen LogP) is 5.81. The van der Waals surface area contributed by atoms with Gasteiger partial charge in [0.15, 0.2) is 0 Å². The molecular formula is C20H18N2O2S2. The van der Waals surface area contributed by atoms with Gasteiger partial charge >= 0.3 is 0 Å². The van der Waals surface area contributed by atoms with Gasteiger partial charge in [0.2, 0.25) is 0 Å². The maximum Gasteiger partial charge on any atom is 0.270 e. The molecule has 2 heterocycles. The Kier molecular flexibility index (Phi) is 4.78. The molecule has 0 saturated carbocycles. The van der Waals surface area contributed by atoms with Crippen molar-refractivity contribution in [3.8, 4) is 0 Å². The number of aromatic nitrogens is 1. The lowest BCUT2D eigenvalue weighted by molar-refractivity contribution is -0.384. The zero-order valence-electron chi connectivity index (χ0n) is 14.1. The van der Waals surface area contributed by atoms with E-state index in [2.05, 4.69) is 41.4 Å². The molecule has 1 N–H and O–H groups in total. The van der Waals surface area contributed by atoms with Gasteiger partial charge in [0, 0.05) is 29.2 Å². The molecule has 6 heteroatoms. The Morgan fingerprint density at radius 1 is 1.12 bits per heavy atom. The van der Waals surface area contributed by atoms with Gasteiger partial charge in [-0.3, -0.25) is 10.1 Å². The fourth-order valence-corrected chi connectivity index (χ4v) is 6.29. The zero-order valence-corrected chi connectivity index (χ0v) is 15.7. The number of nitrogens with zero attached hydrogens (tertiary/aromatic N) is 1. The van der Waals surface area contributed by atoms with Crippen LogP contribution in [0.4, 0.5) is 5.69 Å². The lowest BCUT2D eigenvalue weighted by atomic mass is 10.1. The summed E-state index contributed by atoms with van der Waals surface area (Å²) in [7, 11) is 0. The second-order valence-corrected chi connectivity index (χ2v) is 9.09. The molecule has 3 aromatic rings. The van der Waals surface area contributed by atoms with Crippen molar-refractivity contribution in [1.29, 1.82) is 0 Å². The highest BCUT2D eigenvalue weighted by atomic mass is 32.2. The Hall–Kier alpha value is -2.18. The summed E-state index contributed by atoms with van der Waals surface area (Å²) in [6.07, 6.45) is 7.48. The van der Waals surface area contributed by atoms with Gasteiger partial charge in [-0.2, -0.15) is 0 Å². The van der Waals surface area contributed by atoms with Crippen LogP contribution < -0.4 is 0 Å². The van der Waals surface area contributed by atoms with Gasteiger partial charge < -0.3 is 4.98 Å². The molecule has 0 radical (unpaired) electrons. The van der Waals surface area contributed by atoms with E-state index in [0.717, 1.165) is 28.0 Å². The number of H-pyrrole nitrogens is 1. The quantitative estimate of drug-likeness (QED) is 0.457. The summed E-state index contributed by atoms with van der Waals surface area (Å²) in [5.41, 5.74) is 3.29. The van der Waals surface area contributed by atoms with E-state index in [1.807, 2.05) is 35.8 Å². The van der Waals surface area contributed by atoms with Crippen LogP contribution in [0.5, 0.6) is 0 Å². The number of non-ortho nitro benzene ring substituents is 1. The molecule has 26 heavy (non-hydrogen) atoms. The number of hydrogen-bond donors (Lipinski definition) is 1. The van der Waals surface area contributed by atoms with Crippen LogP contribution in [0.15, 0.2) is 60.8 Å². The van der Waals surface area contributed by atoms with E-state index < -0.39 is 0 Å². The second-order valence-electron chi connectivity index (χ2n) is 6.15. The van der Waals surface area contributed by atoms with Crippen LogP contribution in [0.3, 0.4) is 0 Å². The summed E-state index contributed by atoms with van der Waals surface area (Å²) in [6, 6.07) is 15.5. The van der Waals surface area contributed by atoms with Crippen molar-refractivity contribution < 1.29 is 4.92 Å². The molecule has 1 saturated heterocycles. The Balaban J connectivity index is 1.74. The third-order valence-corrected chi connectivity index (χ3v) is 7.78. The minimum absolute atomic E-state index is 0.107. The lowest BCUT2D eigenvalue weighted by Gasteiger charge is -2.34. The van der Waals surface area contributed by atoms with Crippen molar-refractivity contribution >= 4 is 46.2 Å². The molecular weight excluding hydrogens is 364 g/mol. The van der Waals surface area contributed by atoms with Crippen molar-refractivity contribution in [3.05, 3.63) is 82.0 Å². The first kappa shape index (κ1) is 17.2. The largest absolute Gasteiger partial charge is 0.361 e. The zero-order chi connectivity index (χ0) is 18.0. The molecule has 4 nitrogen and oxygen atoms in total. The minimum Gasteiger partial charge on any atom is -0.361 e. The van der Waals surface area contributed by atoms with Crippen molar-refractivity contribution in [1.82, 2.24) is 4.98 Å². The normalized spacial score (nSPS) is 16.9. The number of thioether (sulfide) groups is 2. The molecule has 2 aromatic carbocycles. The number of hydrogen-bond acceptors (Lipinski definition) is 4. The van der Waals surface area contributed by atoms with Crippen LogP contribution in [0.2, 0.25) is 0 Å². The van der Waals surface area contributed by atoms with Crippen LogP contribution in [0, 0.1) is 10.1 Å². The molecule has 0 aliphatic carbocycles. The highest BCUT2D eigenvalue weighted by Gasteiger charge is 2.32. The standard InChI is InChI=1S/C20H18N2O2S2/c23-22(24)17-7-8-19-18(13-17)15(14-21-19)9-10-20(25-11-4-12-26-20)16-5-2-1-3-6-16/h1-3,5-10,13-14,21H,4,11-12H2/b10-9+. The van der Waals surface area contributed by atoms with Crippen molar-refractivity contribution in [2.45, 2.75) is 10.5 Å². The first-order valence-corrected chi connectivity index (χ1v) is 10.4. The molecule has 0 atom stereocenters. The Labute approximate surface area is 160 Å². The van der Waals surface area contributed by atoms with Crippen molar-refractivity contribution in [3.63, 3.8) is 0 Å². The topological polar surface area (TPSA) is 58.9 Å². The van der Waals surface area contributed by atoms with E-state index in [1.54, 1.807) is 12.1 Å². The second kappa shape index (κ2) is 7.21. The molecule has 0 amide bonds. The van der Waals surface area contributed by atoms with E-state index >= 15 is 0 Å². The summed E-state index contributed by atoms with van der Waals surface area (Å²) in [5, 5.41) is 12.0. The Morgan fingerprint density at radius 3 is 2.62 bits per heavy atom. The van der Waals surface area contributed by atoms with Crippen LogP contribution in [0.25, 0.3) is 17.0 Å². The summed E-state index contributed by atoms with van der Waals surface area (Å²) >= 11 is 3.91. The average molecular weight is 383 g/mol. The van der Waals surface area contributed by atoms with Crippen LogP contribution >= 0.6 is 23.5 Å². The first-order valence-electron chi connectivity index (χ1n) is 8.46. The molecule has 4 rings (SSSR count). The van der Waals surface area contributed by atoms with Gasteiger partial charge in [-0.25, -0.2) is 0 Å². The summed E-state index contributed by atoms with van der Waals surface area (Å²) < 4.78 is -0.107. The van der Waals surface area contributed by atoms with E-state index in [9.17, 15) is 10.1 Å². The van der Waals surface area contributed by atoms with Gasteiger partial charge in [0.25, 0.3) is 5.69 Å². The number of nitro groups is 1. The van der Waals surface area contributed by atoms with Gasteiger partial charge in [0.05, 0.1) is 4.92 Å². The fraction of sp³-hybridized carbons (Fsp3) is 0.200. The summed E-state index contributed by atoms with van der Waals surface area (Å²) in [4.78, 5) is 13.9. The monoisotopic (exact) mass is 382 g/mol. The molecule has 1 aliphatic heterocycles. The maximum absolute atomic E-state index is 11.1. The Morgan fingerprint density at radius 2 is 1.88 bits per heavy atom. The molecule has 1 fully saturated rings. The fourth-order valence-electron chi connectivity index (χ4n) is 3.16. The van der Waals surface area contributed by atoms with Crippen molar-refractivity contribution in [2.75, 3.05) is 11.5 Å². The van der Waals surface area contributed by atoms with Gasteiger partial charge in [-0.15, -0.1) is 23.5 Å².